The van der Waals surface area contributed by atoms with E-state index in [2.05, 4.69) is 0 Å². The highest BCUT2D eigenvalue weighted by molar-refractivity contribution is 5.47. The molecule has 0 saturated carbocycles. The molecule has 0 fully saturated rings. The van der Waals surface area contributed by atoms with Gasteiger partial charge in [-0.3, -0.25) is 4.79 Å². The minimum Gasteiger partial charge on any atom is -0.341 e. The third kappa shape index (κ3) is 2.52. The smallest absolute Gasteiger partial charge is 0.209 e. The molecule has 0 aliphatic rings. The SMILES string of the molecule is CCN(C=O)Cc1ccc(F)c(F)c1. The summed E-state index contributed by atoms with van der Waals surface area (Å²) in [6.07, 6.45) is 0.682. The molecule has 1 amide bonds. The number of nitrogens with zero attached hydrogens (tertiary/aromatic N) is 1. The van der Waals surface area contributed by atoms with Crippen molar-refractivity contribution in [3.8, 4) is 0 Å². The first kappa shape index (κ1) is 10.6. The molecular formula is C10H11F2NO. The van der Waals surface area contributed by atoms with Gasteiger partial charge in [-0.25, -0.2) is 8.78 Å². The average molecular weight is 199 g/mol. The zero-order chi connectivity index (χ0) is 10.6. The van der Waals surface area contributed by atoms with Crippen molar-refractivity contribution in [2.45, 2.75) is 13.5 Å². The molecule has 0 N–H and O–H groups in total. The highest BCUT2D eigenvalue weighted by Crippen LogP contribution is 2.10. The van der Waals surface area contributed by atoms with E-state index in [1.807, 2.05) is 6.92 Å². The van der Waals surface area contributed by atoms with E-state index in [9.17, 15) is 13.6 Å². The number of hydrogen-bond donors (Lipinski definition) is 0. The van der Waals surface area contributed by atoms with Gasteiger partial charge in [-0.15, -0.1) is 0 Å². The zero-order valence-corrected chi connectivity index (χ0v) is 7.84. The maximum atomic E-state index is 12.8. The van der Waals surface area contributed by atoms with Crippen LogP contribution in [0.2, 0.25) is 0 Å². The summed E-state index contributed by atoms with van der Waals surface area (Å²) in [5.74, 6) is -1.76. The summed E-state index contributed by atoms with van der Waals surface area (Å²) < 4.78 is 25.3. The summed E-state index contributed by atoms with van der Waals surface area (Å²) in [4.78, 5) is 11.9. The van der Waals surface area contributed by atoms with Gasteiger partial charge in [0.25, 0.3) is 0 Å². The minimum absolute atomic E-state index is 0.303. The molecule has 1 aromatic carbocycles. The van der Waals surface area contributed by atoms with E-state index < -0.39 is 11.6 Å². The largest absolute Gasteiger partial charge is 0.341 e. The van der Waals surface area contributed by atoms with Gasteiger partial charge in [0.1, 0.15) is 0 Å². The number of rotatable bonds is 4. The van der Waals surface area contributed by atoms with Crippen molar-refractivity contribution < 1.29 is 13.6 Å². The van der Waals surface area contributed by atoms with E-state index in [0.29, 0.717) is 25.1 Å². The van der Waals surface area contributed by atoms with Gasteiger partial charge in [-0.05, 0) is 24.6 Å². The lowest BCUT2D eigenvalue weighted by atomic mass is 10.2. The maximum Gasteiger partial charge on any atom is 0.209 e. The van der Waals surface area contributed by atoms with Crippen molar-refractivity contribution in [1.82, 2.24) is 4.90 Å². The molecule has 76 valence electrons. The van der Waals surface area contributed by atoms with Gasteiger partial charge in [-0.2, -0.15) is 0 Å². The molecule has 0 aromatic heterocycles. The Bertz CT molecular complexity index is 328. The van der Waals surface area contributed by atoms with Crippen molar-refractivity contribution in [3.63, 3.8) is 0 Å². The Hall–Kier alpha value is -1.45. The van der Waals surface area contributed by atoms with Crippen molar-refractivity contribution in [1.29, 1.82) is 0 Å². The van der Waals surface area contributed by atoms with Crippen LogP contribution in [0.1, 0.15) is 12.5 Å². The molecule has 0 atom stereocenters. The van der Waals surface area contributed by atoms with Gasteiger partial charge in [0.05, 0.1) is 0 Å². The lowest BCUT2D eigenvalue weighted by Gasteiger charge is -2.14. The molecule has 0 heterocycles. The Balaban J connectivity index is 2.76. The highest BCUT2D eigenvalue weighted by Gasteiger charge is 2.04. The molecule has 0 spiro atoms. The summed E-state index contributed by atoms with van der Waals surface area (Å²) in [5, 5.41) is 0. The van der Waals surface area contributed by atoms with E-state index in [4.69, 9.17) is 0 Å². The van der Waals surface area contributed by atoms with Gasteiger partial charge in [0.2, 0.25) is 6.41 Å². The number of halogens is 2. The second-order valence-electron chi connectivity index (χ2n) is 2.92. The summed E-state index contributed by atoms with van der Waals surface area (Å²) in [5.41, 5.74) is 0.581. The van der Waals surface area contributed by atoms with Crippen LogP contribution in [-0.2, 0) is 11.3 Å². The summed E-state index contributed by atoms with van der Waals surface area (Å²) >= 11 is 0. The van der Waals surface area contributed by atoms with Gasteiger partial charge in [-0.1, -0.05) is 6.07 Å². The topological polar surface area (TPSA) is 20.3 Å². The molecule has 0 aliphatic carbocycles. The number of amides is 1. The van der Waals surface area contributed by atoms with Crippen LogP contribution in [0.15, 0.2) is 18.2 Å². The lowest BCUT2D eigenvalue weighted by molar-refractivity contribution is -0.118. The molecule has 4 heteroatoms. The van der Waals surface area contributed by atoms with E-state index in [-0.39, 0.29) is 0 Å². The number of carbonyl (C=O) groups excluding carboxylic acids is 1. The van der Waals surface area contributed by atoms with Crippen molar-refractivity contribution in [2.75, 3.05) is 6.54 Å². The standard InChI is InChI=1S/C10H11F2NO/c1-2-13(7-14)6-8-3-4-9(11)10(12)5-8/h3-5,7H,2,6H2,1H3. The summed E-state index contributed by atoms with van der Waals surface area (Å²) in [7, 11) is 0. The third-order valence-electron chi connectivity index (χ3n) is 1.92. The van der Waals surface area contributed by atoms with Gasteiger partial charge in [0, 0.05) is 13.1 Å². The highest BCUT2D eigenvalue weighted by atomic mass is 19.2. The van der Waals surface area contributed by atoms with Crippen LogP contribution in [0.3, 0.4) is 0 Å². The van der Waals surface area contributed by atoms with E-state index in [1.54, 1.807) is 0 Å². The predicted molar refractivity (Wildman–Crippen MR) is 48.5 cm³/mol. The Kier molecular flexibility index (Phi) is 3.56. The van der Waals surface area contributed by atoms with Gasteiger partial charge >= 0.3 is 0 Å². The fraction of sp³-hybridized carbons (Fsp3) is 0.300. The van der Waals surface area contributed by atoms with Crippen LogP contribution in [0.4, 0.5) is 8.78 Å². The minimum atomic E-state index is -0.885. The molecule has 0 aliphatic heterocycles. The molecular weight excluding hydrogens is 188 g/mol. The van der Waals surface area contributed by atoms with Crippen molar-refractivity contribution in [2.24, 2.45) is 0 Å². The Morgan fingerprint density at radius 2 is 2.07 bits per heavy atom. The first-order valence-electron chi connectivity index (χ1n) is 4.30. The molecule has 1 aromatic rings. The van der Waals surface area contributed by atoms with Crippen LogP contribution < -0.4 is 0 Å². The maximum absolute atomic E-state index is 12.8. The molecule has 0 radical (unpaired) electrons. The lowest BCUT2D eigenvalue weighted by Crippen LogP contribution is -2.20. The van der Waals surface area contributed by atoms with Crippen LogP contribution in [-0.4, -0.2) is 17.9 Å². The number of benzene rings is 1. The van der Waals surface area contributed by atoms with Crippen LogP contribution >= 0.6 is 0 Å². The predicted octanol–water partition coefficient (Wildman–Crippen LogP) is 1.94. The Morgan fingerprint density at radius 1 is 1.36 bits per heavy atom. The molecule has 0 unspecified atom stereocenters. The summed E-state index contributed by atoms with van der Waals surface area (Å²) in [6, 6.07) is 3.62. The number of hydrogen-bond acceptors (Lipinski definition) is 1. The average Bonchev–Trinajstić information content (AvgIpc) is 2.19. The molecule has 1 rings (SSSR count). The molecule has 0 saturated heterocycles. The van der Waals surface area contributed by atoms with Crippen LogP contribution in [0.25, 0.3) is 0 Å². The van der Waals surface area contributed by atoms with E-state index in [0.717, 1.165) is 12.1 Å². The third-order valence-corrected chi connectivity index (χ3v) is 1.92. The fourth-order valence-corrected chi connectivity index (χ4v) is 1.10. The monoisotopic (exact) mass is 199 g/mol. The fourth-order valence-electron chi connectivity index (χ4n) is 1.10. The van der Waals surface area contributed by atoms with Crippen LogP contribution in [0.5, 0.6) is 0 Å². The van der Waals surface area contributed by atoms with Crippen molar-refractivity contribution in [3.05, 3.63) is 35.4 Å². The first-order chi connectivity index (χ1) is 6.67. The first-order valence-corrected chi connectivity index (χ1v) is 4.30. The van der Waals surface area contributed by atoms with Gasteiger partial charge < -0.3 is 4.90 Å². The zero-order valence-electron chi connectivity index (χ0n) is 7.84. The van der Waals surface area contributed by atoms with Gasteiger partial charge in [0.15, 0.2) is 11.6 Å². The van der Waals surface area contributed by atoms with Crippen molar-refractivity contribution >= 4 is 6.41 Å². The molecule has 2 nitrogen and oxygen atoms in total. The number of carbonyl (C=O) groups is 1. The van der Waals surface area contributed by atoms with E-state index >= 15 is 0 Å². The Morgan fingerprint density at radius 3 is 2.57 bits per heavy atom. The van der Waals surface area contributed by atoms with E-state index in [1.165, 1.54) is 11.0 Å². The quantitative estimate of drug-likeness (QED) is 0.678. The second-order valence-corrected chi connectivity index (χ2v) is 2.92. The second kappa shape index (κ2) is 4.69. The molecule has 14 heavy (non-hydrogen) atoms. The molecule has 0 bridgehead atoms. The summed E-state index contributed by atoms with van der Waals surface area (Å²) in [6.45, 7) is 2.66. The Labute approximate surface area is 81.1 Å². The normalized spacial score (nSPS) is 9.93. The van der Waals surface area contributed by atoms with Crippen LogP contribution in [0, 0.1) is 11.6 Å².